The Morgan fingerprint density at radius 3 is 2.50 bits per heavy atom. The number of halogens is 2. The number of rotatable bonds is 4. The number of aromatic carboxylic acids is 1. The number of carboxylic acids is 1. The molecule has 0 saturated carbocycles. The number of aryl methyl sites for hydroxylation is 1. The minimum Gasteiger partial charge on any atom is -0.478 e. The molecule has 0 unspecified atom stereocenters. The number of carboxylic acid groups (broad SMARTS) is 1. The standard InChI is InChI=1S/C14H11ClFNO4S/c1-8-6-9(16)2-5-13(8)17-22(20,21)10-3-4-12(15)11(7-10)14(18)19/h2-7,17H,1H3,(H,18,19). The van der Waals surface area contributed by atoms with E-state index in [1.165, 1.54) is 24.3 Å². The Hall–Kier alpha value is -2.12. The first kappa shape index (κ1) is 16.3. The number of anilines is 1. The highest BCUT2D eigenvalue weighted by Gasteiger charge is 2.19. The number of sulfonamides is 1. The molecule has 0 amide bonds. The van der Waals surface area contributed by atoms with Crippen LogP contribution in [0.15, 0.2) is 41.3 Å². The van der Waals surface area contributed by atoms with Crippen molar-refractivity contribution in [2.24, 2.45) is 0 Å². The highest BCUT2D eigenvalue weighted by Crippen LogP contribution is 2.24. The highest BCUT2D eigenvalue weighted by atomic mass is 35.5. The molecule has 0 saturated heterocycles. The van der Waals surface area contributed by atoms with E-state index in [9.17, 15) is 17.6 Å². The van der Waals surface area contributed by atoms with E-state index in [1.54, 1.807) is 6.92 Å². The molecule has 0 aliphatic rings. The van der Waals surface area contributed by atoms with Gasteiger partial charge in [0.1, 0.15) is 5.82 Å². The van der Waals surface area contributed by atoms with E-state index in [4.69, 9.17) is 16.7 Å². The van der Waals surface area contributed by atoms with Crippen LogP contribution < -0.4 is 4.72 Å². The van der Waals surface area contributed by atoms with Gasteiger partial charge in [0.05, 0.1) is 21.2 Å². The Morgan fingerprint density at radius 2 is 1.91 bits per heavy atom. The van der Waals surface area contributed by atoms with Gasteiger partial charge in [-0.3, -0.25) is 4.72 Å². The van der Waals surface area contributed by atoms with Crippen molar-refractivity contribution < 1.29 is 22.7 Å². The molecule has 116 valence electrons. The molecule has 22 heavy (non-hydrogen) atoms. The zero-order valence-corrected chi connectivity index (χ0v) is 12.9. The summed E-state index contributed by atoms with van der Waals surface area (Å²) < 4.78 is 39.9. The van der Waals surface area contributed by atoms with Gasteiger partial charge in [0.25, 0.3) is 10.0 Å². The molecule has 0 aliphatic carbocycles. The first-order chi connectivity index (χ1) is 10.2. The molecule has 0 radical (unpaired) electrons. The lowest BCUT2D eigenvalue weighted by Crippen LogP contribution is -2.14. The van der Waals surface area contributed by atoms with Gasteiger partial charge in [-0.15, -0.1) is 0 Å². The maximum absolute atomic E-state index is 13.0. The highest BCUT2D eigenvalue weighted by molar-refractivity contribution is 7.92. The molecular formula is C14H11ClFNO4S. The maximum atomic E-state index is 13.0. The van der Waals surface area contributed by atoms with Crippen molar-refractivity contribution in [3.8, 4) is 0 Å². The smallest absolute Gasteiger partial charge is 0.337 e. The predicted molar refractivity (Wildman–Crippen MR) is 80.4 cm³/mol. The van der Waals surface area contributed by atoms with E-state index in [1.807, 2.05) is 0 Å². The number of hydrogen-bond donors (Lipinski definition) is 2. The molecule has 0 fully saturated rings. The van der Waals surface area contributed by atoms with Gasteiger partial charge >= 0.3 is 5.97 Å². The molecule has 0 atom stereocenters. The first-order valence-corrected chi connectivity index (χ1v) is 7.88. The molecule has 2 rings (SSSR count). The summed E-state index contributed by atoms with van der Waals surface area (Å²) in [5.41, 5.74) is 0.282. The van der Waals surface area contributed by atoms with Crippen LogP contribution in [0.3, 0.4) is 0 Å². The van der Waals surface area contributed by atoms with Gasteiger partial charge in [0.2, 0.25) is 0 Å². The Kier molecular flexibility index (Phi) is 4.39. The van der Waals surface area contributed by atoms with Gasteiger partial charge in [0, 0.05) is 0 Å². The molecule has 2 aromatic rings. The number of carbonyl (C=O) groups is 1. The fourth-order valence-electron chi connectivity index (χ4n) is 1.78. The van der Waals surface area contributed by atoms with Crippen LogP contribution in [0.4, 0.5) is 10.1 Å². The van der Waals surface area contributed by atoms with Crippen molar-refractivity contribution in [2.75, 3.05) is 4.72 Å². The summed E-state index contributed by atoms with van der Waals surface area (Å²) in [4.78, 5) is 10.8. The van der Waals surface area contributed by atoms with Crippen LogP contribution in [-0.2, 0) is 10.0 Å². The van der Waals surface area contributed by atoms with Crippen LogP contribution in [-0.4, -0.2) is 19.5 Å². The van der Waals surface area contributed by atoms with Crippen molar-refractivity contribution in [3.63, 3.8) is 0 Å². The van der Waals surface area contributed by atoms with Crippen molar-refractivity contribution in [1.29, 1.82) is 0 Å². The molecule has 0 bridgehead atoms. The number of nitrogens with one attached hydrogen (secondary N) is 1. The molecule has 0 aromatic heterocycles. The average molecular weight is 344 g/mol. The molecule has 2 aromatic carbocycles. The van der Waals surface area contributed by atoms with Gasteiger partial charge in [-0.1, -0.05) is 11.6 Å². The number of hydrogen-bond acceptors (Lipinski definition) is 3. The van der Waals surface area contributed by atoms with Gasteiger partial charge in [0.15, 0.2) is 0 Å². The summed E-state index contributed by atoms with van der Waals surface area (Å²) in [6.07, 6.45) is 0. The van der Waals surface area contributed by atoms with Crippen LogP contribution in [0.1, 0.15) is 15.9 Å². The lowest BCUT2D eigenvalue weighted by molar-refractivity contribution is 0.0697. The molecule has 0 heterocycles. The van der Waals surface area contributed by atoms with Gasteiger partial charge in [-0.05, 0) is 48.9 Å². The summed E-state index contributed by atoms with van der Waals surface area (Å²) >= 11 is 5.71. The largest absolute Gasteiger partial charge is 0.478 e. The maximum Gasteiger partial charge on any atom is 0.337 e. The second-order valence-electron chi connectivity index (χ2n) is 4.51. The fraction of sp³-hybridized carbons (Fsp3) is 0.0714. The van der Waals surface area contributed by atoms with E-state index in [-0.39, 0.29) is 21.2 Å². The van der Waals surface area contributed by atoms with Gasteiger partial charge in [-0.2, -0.15) is 0 Å². The Labute approximate surface area is 131 Å². The van der Waals surface area contributed by atoms with Crippen LogP contribution in [0.25, 0.3) is 0 Å². The van der Waals surface area contributed by atoms with E-state index in [2.05, 4.69) is 4.72 Å². The minimum atomic E-state index is -4.02. The Morgan fingerprint density at radius 1 is 1.23 bits per heavy atom. The van der Waals surface area contributed by atoms with Crippen molar-refractivity contribution in [1.82, 2.24) is 0 Å². The third-order valence-electron chi connectivity index (χ3n) is 2.91. The zero-order valence-electron chi connectivity index (χ0n) is 11.3. The minimum absolute atomic E-state index is 0.0654. The summed E-state index contributed by atoms with van der Waals surface area (Å²) in [6.45, 7) is 1.55. The molecule has 0 aliphatic heterocycles. The SMILES string of the molecule is Cc1cc(F)ccc1NS(=O)(=O)c1ccc(Cl)c(C(=O)O)c1. The third-order valence-corrected chi connectivity index (χ3v) is 4.60. The van der Waals surface area contributed by atoms with Crippen LogP contribution in [0, 0.1) is 12.7 Å². The van der Waals surface area contributed by atoms with Crippen LogP contribution >= 0.6 is 11.6 Å². The fourth-order valence-corrected chi connectivity index (χ4v) is 3.14. The topological polar surface area (TPSA) is 83.5 Å². The molecule has 0 spiro atoms. The van der Waals surface area contributed by atoms with Crippen molar-refractivity contribution in [2.45, 2.75) is 11.8 Å². The number of benzene rings is 2. The van der Waals surface area contributed by atoms with Crippen molar-refractivity contribution in [3.05, 3.63) is 58.4 Å². The Balaban J connectivity index is 2.42. The van der Waals surface area contributed by atoms with Crippen molar-refractivity contribution >= 4 is 33.3 Å². The van der Waals surface area contributed by atoms with Crippen LogP contribution in [0.5, 0.6) is 0 Å². The first-order valence-electron chi connectivity index (χ1n) is 6.02. The monoisotopic (exact) mass is 343 g/mol. The quantitative estimate of drug-likeness (QED) is 0.892. The lowest BCUT2D eigenvalue weighted by atomic mass is 10.2. The molecule has 2 N–H and O–H groups in total. The summed E-state index contributed by atoms with van der Waals surface area (Å²) in [5.74, 6) is -1.82. The average Bonchev–Trinajstić information content (AvgIpc) is 2.42. The van der Waals surface area contributed by atoms with E-state index < -0.39 is 21.8 Å². The third kappa shape index (κ3) is 3.37. The normalized spacial score (nSPS) is 11.2. The second kappa shape index (κ2) is 5.94. The summed E-state index contributed by atoms with van der Waals surface area (Å²) in [7, 11) is -4.02. The van der Waals surface area contributed by atoms with Crippen LogP contribution in [0.2, 0.25) is 5.02 Å². The second-order valence-corrected chi connectivity index (χ2v) is 6.60. The van der Waals surface area contributed by atoms with E-state index in [0.29, 0.717) is 5.56 Å². The van der Waals surface area contributed by atoms with Gasteiger partial charge in [-0.25, -0.2) is 17.6 Å². The molecule has 8 heteroatoms. The zero-order chi connectivity index (χ0) is 16.5. The summed E-state index contributed by atoms with van der Waals surface area (Å²) in [5, 5.41) is 8.91. The lowest BCUT2D eigenvalue weighted by Gasteiger charge is -2.11. The van der Waals surface area contributed by atoms with E-state index in [0.717, 1.165) is 12.1 Å². The van der Waals surface area contributed by atoms with E-state index >= 15 is 0 Å². The molecular weight excluding hydrogens is 333 g/mol. The Bertz CT molecular complexity index is 852. The molecule has 5 nitrogen and oxygen atoms in total. The summed E-state index contributed by atoms with van der Waals surface area (Å²) in [6, 6.07) is 6.94. The predicted octanol–water partition coefficient (Wildman–Crippen LogP) is 3.29. The van der Waals surface area contributed by atoms with Gasteiger partial charge < -0.3 is 5.11 Å².